The van der Waals surface area contributed by atoms with E-state index in [1.807, 2.05) is 25.1 Å². The molecule has 0 spiro atoms. The van der Waals surface area contributed by atoms with Crippen molar-refractivity contribution in [2.45, 2.75) is 19.4 Å². The summed E-state index contributed by atoms with van der Waals surface area (Å²) in [6, 6.07) is 16.7. The van der Waals surface area contributed by atoms with Crippen LogP contribution < -0.4 is 9.47 Å². The van der Waals surface area contributed by atoms with Gasteiger partial charge in [0.15, 0.2) is 11.5 Å². The molecule has 0 bridgehead atoms. The fourth-order valence-electron chi connectivity index (χ4n) is 4.82. The number of benzene rings is 2. The number of aromatic nitrogens is 2. The maximum Gasteiger partial charge on any atom is 0.171 e. The number of hydrogen-bond acceptors (Lipinski definition) is 4. The van der Waals surface area contributed by atoms with Crippen LogP contribution in [0.5, 0.6) is 11.5 Å². The lowest BCUT2D eigenvalue weighted by Crippen LogP contribution is -2.52. The number of pyridine rings is 1. The number of nitrogens with zero attached hydrogens (tertiary/aromatic N) is 2. The Bertz CT molecular complexity index is 1230. The highest BCUT2D eigenvalue weighted by molar-refractivity contribution is 5.88. The summed E-state index contributed by atoms with van der Waals surface area (Å²) in [6.07, 6.45) is 3.35. The molecule has 0 amide bonds. The van der Waals surface area contributed by atoms with Gasteiger partial charge < -0.3 is 14.5 Å². The van der Waals surface area contributed by atoms with Crippen molar-refractivity contribution >= 4 is 21.8 Å². The van der Waals surface area contributed by atoms with E-state index in [4.69, 9.17) is 9.47 Å². The van der Waals surface area contributed by atoms with E-state index in [0.29, 0.717) is 12.5 Å². The number of aromatic amines is 1. The number of rotatable bonds is 4. The molecule has 2 aliphatic heterocycles. The van der Waals surface area contributed by atoms with Crippen LogP contribution in [0.2, 0.25) is 0 Å². The summed E-state index contributed by atoms with van der Waals surface area (Å²) in [5.74, 6) is 2.37. The number of para-hydroxylation sites is 1. The van der Waals surface area contributed by atoms with E-state index in [9.17, 15) is 0 Å². The van der Waals surface area contributed by atoms with Gasteiger partial charge in [-0.05, 0) is 55.2 Å². The zero-order valence-electron chi connectivity index (χ0n) is 17.1. The molecule has 1 saturated heterocycles. The standard InChI is InChI=1S/C25H25N3O2/c1-16-6-7-21-23(27-16)8-9-24-25(21)30-19(15-29-24)14-28-12-17(13-28)10-18-11-26-22-5-3-2-4-20(18)22/h2-9,11,17,19,26H,10,12-15H2,1H3. The SMILES string of the molecule is Cc1ccc2c3c(ccc2n1)OCC(CN1CC(Cc2c[nH]c4ccccc24)C1)O3. The Morgan fingerprint density at radius 3 is 2.90 bits per heavy atom. The summed E-state index contributed by atoms with van der Waals surface area (Å²) in [7, 11) is 0. The molecule has 5 heteroatoms. The predicted octanol–water partition coefficient (Wildman–Crippen LogP) is 4.34. The van der Waals surface area contributed by atoms with Gasteiger partial charge in [-0.2, -0.15) is 0 Å². The van der Waals surface area contributed by atoms with Crippen molar-refractivity contribution < 1.29 is 9.47 Å². The fraction of sp³-hybridized carbons (Fsp3) is 0.320. The average molecular weight is 399 g/mol. The van der Waals surface area contributed by atoms with Gasteiger partial charge in [0.1, 0.15) is 12.7 Å². The van der Waals surface area contributed by atoms with Gasteiger partial charge in [0.05, 0.1) is 5.52 Å². The van der Waals surface area contributed by atoms with Gasteiger partial charge in [-0.15, -0.1) is 0 Å². The summed E-state index contributed by atoms with van der Waals surface area (Å²) in [5, 5.41) is 2.39. The topological polar surface area (TPSA) is 50.4 Å². The molecule has 0 radical (unpaired) electrons. The van der Waals surface area contributed by atoms with Crippen LogP contribution in [0, 0.1) is 12.8 Å². The molecule has 1 N–H and O–H groups in total. The van der Waals surface area contributed by atoms with Crippen molar-refractivity contribution in [2.24, 2.45) is 5.92 Å². The molecule has 2 aromatic carbocycles. The highest BCUT2D eigenvalue weighted by atomic mass is 16.6. The summed E-state index contributed by atoms with van der Waals surface area (Å²) in [5.41, 5.74) is 4.63. The summed E-state index contributed by atoms with van der Waals surface area (Å²) < 4.78 is 12.4. The van der Waals surface area contributed by atoms with E-state index in [1.54, 1.807) is 0 Å². The first-order valence-electron chi connectivity index (χ1n) is 10.7. The molecular weight excluding hydrogens is 374 g/mol. The molecule has 4 aromatic rings. The zero-order valence-corrected chi connectivity index (χ0v) is 17.1. The number of ether oxygens (including phenoxy) is 2. The van der Waals surface area contributed by atoms with Gasteiger partial charge in [0, 0.05) is 47.8 Å². The van der Waals surface area contributed by atoms with Crippen molar-refractivity contribution in [2.75, 3.05) is 26.2 Å². The molecule has 1 fully saturated rings. The maximum atomic E-state index is 6.38. The average Bonchev–Trinajstić information content (AvgIpc) is 3.15. The van der Waals surface area contributed by atoms with E-state index in [0.717, 1.165) is 54.2 Å². The van der Waals surface area contributed by atoms with Crippen molar-refractivity contribution in [3.05, 3.63) is 66.0 Å². The highest BCUT2D eigenvalue weighted by Gasteiger charge is 2.32. The molecule has 2 aliphatic rings. The molecule has 6 rings (SSSR count). The molecule has 4 heterocycles. The molecule has 152 valence electrons. The third kappa shape index (κ3) is 3.10. The van der Waals surface area contributed by atoms with E-state index < -0.39 is 0 Å². The van der Waals surface area contributed by atoms with E-state index in [1.165, 1.54) is 16.5 Å². The quantitative estimate of drug-likeness (QED) is 0.555. The number of nitrogens with one attached hydrogen (secondary N) is 1. The molecular formula is C25H25N3O2. The molecule has 5 nitrogen and oxygen atoms in total. The molecule has 2 aromatic heterocycles. The monoisotopic (exact) mass is 399 g/mol. The molecule has 30 heavy (non-hydrogen) atoms. The third-order valence-corrected chi connectivity index (χ3v) is 6.31. The second kappa shape index (κ2) is 7.03. The van der Waals surface area contributed by atoms with Gasteiger partial charge in [0.25, 0.3) is 0 Å². The number of likely N-dealkylation sites (tertiary alicyclic amines) is 1. The minimum atomic E-state index is 0.0541. The van der Waals surface area contributed by atoms with Crippen LogP contribution in [0.1, 0.15) is 11.3 Å². The fourth-order valence-corrected chi connectivity index (χ4v) is 4.82. The van der Waals surface area contributed by atoms with E-state index in [2.05, 4.69) is 51.4 Å². The van der Waals surface area contributed by atoms with Crippen molar-refractivity contribution in [3.63, 3.8) is 0 Å². The van der Waals surface area contributed by atoms with E-state index >= 15 is 0 Å². The lowest BCUT2D eigenvalue weighted by atomic mass is 9.91. The van der Waals surface area contributed by atoms with Crippen LogP contribution >= 0.6 is 0 Å². The summed E-state index contributed by atoms with van der Waals surface area (Å²) >= 11 is 0. The first-order chi connectivity index (χ1) is 14.7. The van der Waals surface area contributed by atoms with Gasteiger partial charge in [0.2, 0.25) is 0 Å². The second-order valence-electron chi connectivity index (χ2n) is 8.61. The van der Waals surface area contributed by atoms with Crippen LogP contribution in [-0.4, -0.2) is 47.2 Å². The first kappa shape index (κ1) is 17.8. The number of hydrogen-bond donors (Lipinski definition) is 1. The van der Waals surface area contributed by atoms with Gasteiger partial charge in [-0.3, -0.25) is 9.88 Å². The highest BCUT2D eigenvalue weighted by Crippen LogP contribution is 2.38. The zero-order chi connectivity index (χ0) is 20.1. The van der Waals surface area contributed by atoms with E-state index in [-0.39, 0.29) is 6.10 Å². The summed E-state index contributed by atoms with van der Waals surface area (Å²) in [6.45, 7) is 5.74. The van der Waals surface area contributed by atoms with Crippen molar-refractivity contribution in [1.29, 1.82) is 0 Å². The molecule has 1 unspecified atom stereocenters. The Morgan fingerprint density at radius 1 is 1.07 bits per heavy atom. The maximum absolute atomic E-state index is 6.38. The third-order valence-electron chi connectivity index (χ3n) is 6.31. The van der Waals surface area contributed by atoms with Crippen LogP contribution in [0.3, 0.4) is 0 Å². The summed E-state index contributed by atoms with van der Waals surface area (Å²) in [4.78, 5) is 10.5. The van der Waals surface area contributed by atoms with Crippen LogP contribution in [0.4, 0.5) is 0 Å². The van der Waals surface area contributed by atoms with Crippen LogP contribution in [0.15, 0.2) is 54.7 Å². The van der Waals surface area contributed by atoms with Gasteiger partial charge in [-0.1, -0.05) is 18.2 Å². The minimum absolute atomic E-state index is 0.0541. The van der Waals surface area contributed by atoms with Crippen molar-refractivity contribution in [1.82, 2.24) is 14.9 Å². The largest absolute Gasteiger partial charge is 0.486 e. The van der Waals surface area contributed by atoms with Gasteiger partial charge >= 0.3 is 0 Å². The van der Waals surface area contributed by atoms with Crippen LogP contribution in [0.25, 0.3) is 21.8 Å². The Kier molecular flexibility index (Phi) is 4.16. The van der Waals surface area contributed by atoms with Crippen LogP contribution in [-0.2, 0) is 6.42 Å². The second-order valence-corrected chi connectivity index (χ2v) is 8.61. The number of H-pyrrole nitrogens is 1. The Morgan fingerprint density at radius 2 is 1.97 bits per heavy atom. The number of aryl methyl sites for hydroxylation is 1. The Hall–Kier alpha value is -3.05. The minimum Gasteiger partial charge on any atom is -0.486 e. The lowest BCUT2D eigenvalue weighted by Gasteiger charge is -2.41. The Balaban J connectivity index is 1.10. The normalized spacial score (nSPS) is 19.3. The lowest BCUT2D eigenvalue weighted by molar-refractivity contribution is 0.0176. The smallest absolute Gasteiger partial charge is 0.171 e. The first-order valence-corrected chi connectivity index (χ1v) is 10.7. The Labute approximate surface area is 175 Å². The van der Waals surface area contributed by atoms with Crippen molar-refractivity contribution in [3.8, 4) is 11.5 Å². The predicted molar refractivity (Wildman–Crippen MR) is 118 cm³/mol. The molecule has 0 saturated carbocycles. The molecule has 0 aliphatic carbocycles. The van der Waals surface area contributed by atoms with Gasteiger partial charge in [-0.25, -0.2) is 0 Å². The molecule has 1 atom stereocenters. The number of fused-ring (bicyclic) bond motifs is 4.